The molecule has 7 heteroatoms. The van der Waals surface area contributed by atoms with E-state index in [2.05, 4.69) is 16.6 Å². The molecule has 2 unspecified atom stereocenters. The zero-order chi connectivity index (χ0) is 16.4. The van der Waals surface area contributed by atoms with Crippen LogP contribution < -0.4 is 4.74 Å². The van der Waals surface area contributed by atoms with Gasteiger partial charge in [0.1, 0.15) is 15.8 Å². The highest BCUT2D eigenvalue weighted by Crippen LogP contribution is 2.31. The topological polar surface area (TPSA) is 71.8 Å². The van der Waals surface area contributed by atoms with E-state index < -0.39 is 12.0 Å². The maximum absolute atomic E-state index is 11.0. The Balaban J connectivity index is 1.81. The van der Waals surface area contributed by atoms with E-state index in [1.807, 2.05) is 31.2 Å². The van der Waals surface area contributed by atoms with Crippen molar-refractivity contribution in [2.24, 2.45) is 10.9 Å². The van der Waals surface area contributed by atoms with Gasteiger partial charge in [0.15, 0.2) is 6.04 Å². The number of carboxylic acids is 1. The fourth-order valence-corrected chi connectivity index (χ4v) is 4.09. The molecule has 0 spiro atoms. The van der Waals surface area contributed by atoms with E-state index in [1.165, 1.54) is 23.1 Å². The molecule has 2 aromatic rings. The molecule has 0 radical (unpaired) electrons. The highest BCUT2D eigenvalue weighted by Gasteiger charge is 2.26. The number of carbonyl (C=O) groups is 1. The second-order valence-corrected chi connectivity index (χ2v) is 7.31. The molecule has 120 valence electrons. The number of carboxylic acid groups (broad SMARTS) is 1. The standard InChI is InChI=1S/C16H16N2O3S2/c1-3-9(2)7-21-10-4-5-11-13(6-10)23-15(17-11)14-18-12(8-22-14)16(19)20/h3-6,9,12H,1,7-8H2,2H3,(H,19,20). The van der Waals surface area contributed by atoms with Crippen molar-refractivity contribution in [3.8, 4) is 5.75 Å². The summed E-state index contributed by atoms with van der Waals surface area (Å²) in [5.41, 5.74) is 0.871. The van der Waals surface area contributed by atoms with E-state index >= 15 is 0 Å². The SMILES string of the molecule is C=CC(C)COc1ccc2nc(C3=NC(C(=O)O)CS3)sc2c1. The van der Waals surface area contributed by atoms with Gasteiger partial charge in [0, 0.05) is 11.7 Å². The summed E-state index contributed by atoms with van der Waals surface area (Å²) in [6.45, 7) is 6.38. The van der Waals surface area contributed by atoms with Gasteiger partial charge in [0.25, 0.3) is 0 Å². The molecule has 1 aromatic heterocycles. The van der Waals surface area contributed by atoms with E-state index in [1.54, 1.807) is 0 Å². The Kier molecular flexibility index (Phi) is 4.68. The second-order valence-electron chi connectivity index (χ2n) is 5.27. The molecule has 0 aliphatic carbocycles. The number of hydrogen-bond donors (Lipinski definition) is 1. The quantitative estimate of drug-likeness (QED) is 0.810. The number of aliphatic imine (C=N–C) groups is 1. The first-order chi connectivity index (χ1) is 11.1. The van der Waals surface area contributed by atoms with Gasteiger partial charge < -0.3 is 9.84 Å². The largest absolute Gasteiger partial charge is 0.493 e. The Bertz CT molecular complexity index is 785. The Morgan fingerprint density at radius 2 is 2.43 bits per heavy atom. The molecular formula is C16H16N2O3S2. The van der Waals surface area contributed by atoms with Crippen molar-refractivity contribution >= 4 is 44.3 Å². The van der Waals surface area contributed by atoms with Crippen LogP contribution in [0.25, 0.3) is 10.2 Å². The summed E-state index contributed by atoms with van der Waals surface area (Å²) in [5, 5.41) is 10.5. The van der Waals surface area contributed by atoms with Crippen LogP contribution in [0.1, 0.15) is 11.9 Å². The van der Waals surface area contributed by atoms with Crippen molar-refractivity contribution in [2.45, 2.75) is 13.0 Å². The van der Waals surface area contributed by atoms with Crippen LogP contribution in [0.15, 0.2) is 35.8 Å². The summed E-state index contributed by atoms with van der Waals surface area (Å²) in [4.78, 5) is 19.8. The van der Waals surface area contributed by atoms with Crippen LogP contribution in [0, 0.1) is 5.92 Å². The van der Waals surface area contributed by atoms with Crippen molar-refractivity contribution in [1.29, 1.82) is 0 Å². The van der Waals surface area contributed by atoms with Crippen LogP contribution in [0.4, 0.5) is 0 Å². The lowest BCUT2D eigenvalue weighted by atomic mass is 10.2. The van der Waals surface area contributed by atoms with E-state index in [-0.39, 0.29) is 0 Å². The van der Waals surface area contributed by atoms with Crippen molar-refractivity contribution in [3.05, 3.63) is 35.9 Å². The van der Waals surface area contributed by atoms with Gasteiger partial charge in [-0.2, -0.15) is 0 Å². The third kappa shape index (κ3) is 3.56. The highest BCUT2D eigenvalue weighted by molar-refractivity contribution is 8.15. The minimum absolute atomic E-state index is 0.292. The number of nitrogens with zero attached hydrogens (tertiary/aromatic N) is 2. The monoisotopic (exact) mass is 348 g/mol. The molecule has 2 atom stereocenters. The first kappa shape index (κ1) is 16.0. The maximum atomic E-state index is 11.0. The normalized spacial score (nSPS) is 18.7. The van der Waals surface area contributed by atoms with Crippen LogP contribution in [0.2, 0.25) is 0 Å². The van der Waals surface area contributed by atoms with Gasteiger partial charge in [0.2, 0.25) is 0 Å². The lowest BCUT2D eigenvalue weighted by Crippen LogP contribution is -2.17. The molecule has 23 heavy (non-hydrogen) atoms. The maximum Gasteiger partial charge on any atom is 0.329 e. The summed E-state index contributed by atoms with van der Waals surface area (Å²) in [5.74, 6) is 0.667. The summed E-state index contributed by atoms with van der Waals surface area (Å²) in [6.07, 6.45) is 1.86. The molecule has 1 aromatic carbocycles. The number of fused-ring (bicyclic) bond motifs is 1. The van der Waals surface area contributed by atoms with Gasteiger partial charge in [-0.25, -0.2) is 9.78 Å². The predicted molar refractivity (Wildman–Crippen MR) is 94.9 cm³/mol. The van der Waals surface area contributed by atoms with Crippen molar-refractivity contribution in [2.75, 3.05) is 12.4 Å². The zero-order valence-corrected chi connectivity index (χ0v) is 14.2. The fraction of sp³-hybridized carbons (Fsp3) is 0.312. The number of thioether (sulfide) groups is 1. The van der Waals surface area contributed by atoms with Gasteiger partial charge in [-0.1, -0.05) is 13.0 Å². The van der Waals surface area contributed by atoms with E-state index in [4.69, 9.17) is 9.84 Å². The van der Waals surface area contributed by atoms with E-state index in [0.29, 0.717) is 23.3 Å². The average Bonchev–Trinajstić information content (AvgIpc) is 3.18. The molecule has 1 aliphatic heterocycles. The predicted octanol–water partition coefficient (Wildman–Crippen LogP) is 3.44. The number of benzene rings is 1. The summed E-state index contributed by atoms with van der Waals surface area (Å²) in [6, 6.07) is 5.10. The first-order valence-electron chi connectivity index (χ1n) is 7.16. The van der Waals surface area contributed by atoms with Gasteiger partial charge in [0.05, 0.1) is 16.8 Å². The van der Waals surface area contributed by atoms with Gasteiger partial charge in [-0.15, -0.1) is 29.7 Å². The van der Waals surface area contributed by atoms with Crippen LogP contribution in [-0.2, 0) is 4.79 Å². The zero-order valence-electron chi connectivity index (χ0n) is 12.6. The smallest absolute Gasteiger partial charge is 0.329 e. The molecule has 0 fully saturated rings. The van der Waals surface area contributed by atoms with Crippen LogP contribution in [-0.4, -0.2) is 39.5 Å². The molecule has 2 heterocycles. The second kappa shape index (κ2) is 6.72. The molecule has 0 bridgehead atoms. The number of hydrogen-bond acceptors (Lipinski definition) is 6. The minimum atomic E-state index is -0.888. The number of rotatable bonds is 6. The summed E-state index contributed by atoms with van der Waals surface area (Å²) >= 11 is 2.95. The van der Waals surface area contributed by atoms with E-state index in [0.717, 1.165) is 21.0 Å². The Labute approximate surface area is 142 Å². The van der Waals surface area contributed by atoms with Gasteiger partial charge >= 0.3 is 5.97 Å². The third-order valence-electron chi connectivity index (χ3n) is 3.39. The lowest BCUT2D eigenvalue weighted by Gasteiger charge is -2.08. The summed E-state index contributed by atoms with van der Waals surface area (Å²) in [7, 11) is 0. The molecular weight excluding hydrogens is 332 g/mol. The molecule has 5 nitrogen and oxygen atoms in total. The first-order valence-corrected chi connectivity index (χ1v) is 8.96. The molecule has 0 saturated heterocycles. The lowest BCUT2D eigenvalue weighted by molar-refractivity contribution is -0.137. The van der Waals surface area contributed by atoms with Crippen LogP contribution in [0.5, 0.6) is 5.75 Å². The van der Waals surface area contributed by atoms with Crippen LogP contribution in [0.3, 0.4) is 0 Å². The minimum Gasteiger partial charge on any atom is -0.493 e. The number of aromatic nitrogens is 1. The fourth-order valence-electron chi connectivity index (χ4n) is 2.00. The summed E-state index contributed by atoms with van der Waals surface area (Å²) < 4.78 is 6.75. The number of thiazole rings is 1. The van der Waals surface area contributed by atoms with Crippen LogP contribution >= 0.6 is 23.1 Å². The number of ether oxygens (including phenoxy) is 1. The molecule has 1 N–H and O–H groups in total. The molecule has 1 aliphatic rings. The Morgan fingerprint density at radius 3 is 3.13 bits per heavy atom. The molecule has 3 rings (SSSR count). The van der Waals surface area contributed by atoms with Gasteiger partial charge in [-0.3, -0.25) is 4.99 Å². The van der Waals surface area contributed by atoms with Crippen molar-refractivity contribution < 1.29 is 14.6 Å². The average molecular weight is 348 g/mol. The third-order valence-corrected chi connectivity index (χ3v) is 5.60. The Hall–Kier alpha value is -1.86. The van der Waals surface area contributed by atoms with E-state index in [9.17, 15) is 4.79 Å². The molecule has 0 saturated carbocycles. The van der Waals surface area contributed by atoms with Crippen molar-refractivity contribution in [1.82, 2.24) is 4.98 Å². The van der Waals surface area contributed by atoms with Gasteiger partial charge in [-0.05, 0) is 18.2 Å². The van der Waals surface area contributed by atoms with Crippen molar-refractivity contribution in [3.63, 3.8) is 0 Å². The Morgan fingerprint density at radius 1 is 1.61 bits per heavy atom. The highest BCUT2D eigenvalue weighted by atomic mass is 32.2. The number of aliphatic carboxylic acids is 1. The molecule has 0 amide bonds.